The lowest BCUT2D eigenvalue weighted by Crippen LogP contribution is -2.23. The number of aliphatic carboxylic acids is 1. The van der Waals surface area contributed by atoms with Crippen LogP contribution in [0, 0.1) is 12.8 Å². The van der Waals surface area contributed by atoms with Crippen LogP contribution < -0.4 is 0 Å². The SMILES string of the molecule is Cc1cnccc1-c1noc(C2CC=CCC2C(=O)O)n1. The largest absolute Gasteiger partial charge is 0.481 e. The first-order valence-corrected chi connectivity index (χ1v) is 6.79. The average molecular weight is 285 g/mol. The van der Waals surface area contributed by atoms with E-state index in [0.717, 1.165) is 11.1 Å². The van der Waals surface area contributed by atoms with Crippen LogP contribution in [-0.4, -0.2) is 26.2 Å². The van der Waals surface area contributed by atoms with Crippen LogP contribution in [0.25, 0.3) is 11.4 Å². The lowest BCUT2D eigenvalue weighted by atomic mass is 9.83. The zero-order chi connectivity index (χ0) is 14.8. The van der Waals surface area contributed by atoms with E-state index in [9.17, 15) is 9.90 Å². The minimum absolute atomic E-state index is 0.268. The van der Waals surface area contributed by atoms with Gasteiger partial charge in [0.1, 0.15) is 0 Å². The molecule has 2 heterocycles. The lowest BCUT2D eigenvalue weighted by Gasteiger charge is -2.21. The number of rotatable bonds is 3. The van der Waals surface area contributed by atoms with Gasteiger partial charge >= 0.3 is 5.97 Å². The third-order valence-electron chi connectivity index (χ3n) is 3.77. The summed E-state index contributed by atoms with van der Waals surface area (Å²) in [4.78, 5) is 19.8. The summed E-state index contributed by atoms with van der Waals surface area (Å²) in [5.74, 6) is -0.747. The molecular formula is C15H15N3O3. The highest BCUT2D eigenvalue weighted by molar-refractivity contribution is 5.71. The zero-order valence-corrected chi connectivity index (χ0v) is 11.6. The molecule has 1 aliphatic carbocycles. The molecule has 6 heteroatoms. The van der Waals surface area contributed by atoms with Gasteiger partial charge in [0.2, 0.25) is 11.7 Å². The van der Waals surface area contributed by atoms with Gasteiger partial charge in [-0.3, -0.25) is 9.78 Å². The van der Waals surface area contributed by atoms with Crippen molar-refractivity contribution in [3.63, 3.8) is 0 Å². The van der Waals surface area contributed by atoms with Crippen molar-refractivity contribution >= 4 is 5.97 Å². The number of carbonyl (C=O) groups is 1. The molecule has 2 atom stereocenters. The molecule has 0 saturated heterocycles. The molecule has 6 nitrogen and oxygen atoms in total. The van der Waals surface area contributed by atoms with E-state index in [1.165, 1.54) is 0 Å². The fraction of sp³-hybridized carbons (Fsp3) is 0.333. The molecule has 0 bridgehead atoms. The second-order valence-electron chi connectivity index (χ2n) is 5.14. The van der Waals surface area contributed by atoms with Gasteiger partial charge in [-0.05, 0) is 31.4 Å². The fourth-order valence-corrected chi connectivity index (χ4v) is 2.58. The van der Waals surface area contributed by atoms with E-state index < -0.39 is 11.9 Å². The minimum atomic E-state index is -0.829. The van der Waals surface area contributed by atoms with Crippen molar-refractivity contribution in [1.82, 2.24) is 15.1 Å². The maximum absolute atomic E-state index is 11.3. The quantitative estimate of drug-likeness (QED) is 0.872. The van der Waals surface area contributed by atoms with Crippen LogP contribution in [0.1, 0.15) is 30.2 Å². The molecular weight excluding hydrogens is 270 g/mol. The lowest BCUT2D eigenvalue weighted by molar-refractivity contribution is -0.142. The van der Waals surface area contributed by atoms with Gasteiger partial charge in [-0.25, -0.2) is 0 Å². The second kappa shape index (κ2) is 5.47. The Kier molecular flexibility index (Phi) is 3.51. The van der Waals surface area contributed by atoms with Gasteiger partial charge in [-0.15, -0.1) is 0 Å². The normalized spacial score (nSPS) is 21.4. The predicted molar refractivity (Wildman–Crippen MR) is 74.5 cm³/mol. The number of aromatic nitrogens is 3. The highest BCUT2D eigenvalue weighted by atomic mass is 16.5. The molecule has 2 aromatic heterocycles. The summed E-state index contributed by atoms with van der Waals surface area (Å²) >= 11 is 0. The number of pyridine rings is 1. The van der Waals surface area contributed by atoms with Gasteiger partial charge in [-0.1, -0.05) is 17.3 Å². The Morgan fingerprint density at radius 3 is 2.95 bits per heavy atom. The van der Waals surface area contributed by atoms with E-state index in [4.69, 9.17) is 4.52 Å². The first kappa shape index (κ1) is 13.5. The minimum Gasteiger partial charge on any atom is -0.481 e. The number of carboxylic acid groups (broad SMARTS) is 1. The third-order valence-corrected chi connectivity index (χ3v) is 3.77. The monoisotopic (exact) mass is 285 g/mol. The Bertz CT molecular complexity index is 693. The first-order chi connectivity index (χ1) is 10.2. The summed E-state index contributed by atoms with van der Waals surface area (Å²) in [5, 5.41) is 13.3. The van der Waals surface area contributed by atoms with Crippen molar-refractivity contribution in [1.29, 1.82) is 0 Å². The van der Waals surface area contributed by atoms with Crippen LogP contribution in [0.3, 0.4) is 0 Å². The van der Waals surface area contributed by atoms with Crippen LogP contribution in [0.5, 0.6) is 0 Å². The van der Waals surface area contributed by atoms with Gasteiger partial charge in [0.05, 0.1) is 11.8 Å². The van der Waals surface area contributed by atoms with Crippen LogP contribution in [0.4, 0.5) is 0 Å². The molecule has 0 aromatic carbocycles. The Labute approximate surface area is 121 Å². The van der Waals surface area contributed by atoms with Gasteiger partial charge in [0.15, 0.2) is 0 Å². The maximum atomic E-state index is 11.3. The number of nitrogens with zero attached hydrogens (tertiary/aromatic N) is 3. The third kappa shape index (κ3) is 2.56. The Balaban J connectivity index is 1.93. The topological polar surface area (TPSA) is 89.1 Å². The average Bonchev–Trinajstić information content (AvgIpc) is 2.97. The van der Waals surface area contributed by atoms with E-state index in [1.807, 2.05) is 25.1 Å². The highest BCUT2D eigenvalue weighted by Crippen LogP contribution is 2.34. The summed E-state index contributed by atoms with van der Waals surface area (Å²) in [5.41, 5.74) is 1.79. The van der Waals surface area contributed by atoms with Crippen molar-refractivity contribution in [3.05, 3.63) is 42.1 Å². The van der Waals surface area contributed by atoms with Crippen molar-refractivity contribution in [2.75, 3.05) is 0 Å². The Morgan fingerprint density at radius 2 is 2.19 bits per heavy atom. The van der Waals surface area contributed by atoms with Crippen LogP contribution >= 0.6 is 0 Å². The molecule has 108 valence electrons. The van der Waals surface area contributed by atoms with E-state index in [0.29, 0.717) is 24.6 Å². The molecule has 1 aliphatic rings. The molecule has 21 heavy (non-hydrogen) atoms. The molecule has 0 saturated carbocycles. The highest BCUT2D eigenvalue weighted by Gasteiger charge is 2.34. The molecule has 0 amide bonds. The van der Waals surface area contributed by atoms with Crippen molar-refractivity contribution in [3.8, 4) is 11.4 Å². The van der Waals surface area contributed by atoms with E-state index >= 15 is 0 Å². The van der Waals surface area contributed by atoms with Crippen molar-refractivity contribution in [2.24, 2.45) is 5.92 Å². The van der Waals surface area contributed by atoms with E-state index in [2.05, 4.69) is 15.1 Å². The van der Waals surface area contributed by atoms with Gasteiger partial charge < -0.3 is 9.63 Å². The van der Waals surface area contributed by atoms with Crippen LogP contribution in [-0.2, 0) is 4.79 Å². The molecule has 0 aliphatic heterocycles. The molecule has 3 rings (SSSR count). The molecule has 2 aromatic rings. The summed E-state index contributed by atoms with van der Waals surface area (Å²) in [6.07, 6.45) is 8.35. The van der Waals surface area contributed by atoms with Crippen molar-refractivity contribution in [2.45, 2.75) is 25.7 Å². The number of allylic oxidation sites excluding steroid dienone is 2. The smallest absolute Gasteiger partial charge is 0.307 e. The molecule has 0 radical (unpaired) electrons. The Morgan fingerprint density at radius 1 is 1.38 bits per heavy atom. The van der Waals surface area contributed by atoms with Gasteiger partial charge in [0.25, 0.3) is 0 Å². The van der Waals surface area contributed by atoms with Gasteiger partial charge in [-0.2, -0.15) is 4.98 Å². The molecule has 1 N–H and O–H groups in total. The summed E-state index contributed by atoms with van der Waals surface area (Å²) in [6.45, 7) is 1.92. The zero-order valence-electron chi connectivity index (χ0n) is 11.6. The number of aryl methyl sites for hydroxylation is 1. The van der Waals surface area contributed by atoms with E-state index in [1.54, 1.807) is 12.4 Å². The Hall–Kier alpha value is -2.50. The van der Waals surface area contributed by atoms with Crippen LogP contribution in [0.15, 0.2) is 35.1 Å². The predicted octanol–water partition coefficient (Wildman–Crippen LogP) is 2.57. The van der Waals surface area contributed by atoms with Gasteiger partial charge in [0, 0.05) is 18.0 Å². The summed E-state index contributed by atoms with van der Waals surface area (Å²) in [6, 6.07) is 1.82. The standard InChI is InChI=1S/C15H15N3O3/c1-9-8-16-7-6-10(9)13-17-14(21-18-13)11-4-2-3-5-12(11)15(19)20/h2-3,6-8,11-12H,4-5H2,1H3,(H,19,20). The first-order valence-electron chi connectivity index (χ1n) is 6.79. The fourth-order valence-electron chi connectivity index (χ4n) is 2.58. The van der Waals surface area contributed by atoms with Crippen molar-refractivity contribution < 1.29 is 14.4 Å². The molecule has 0 spiro atoms. The molecule has 2 unspecified atom stereocenters. The summed E-state index contributed by atoms with van der Waals surface area (Å²) in [7, 11) is 0. The van der Waals surface area contributed by atoms with Crippen LogP contribution in [0.2, 0.25) is 0 Å². The number of carboxylic acids is 1. The van der Waals surface area contributed by atoms with E-state index in [-0.39, 0.29) is 5.92 Å². The second-order valence-corrected chi connectivity index (χ2v) is 5.14. The summed E-state index contributed by atoms with van der Waals surface area (Å²) < 4.78 is 5.32. The number of hydrogen-bond donors (Lipinski definition) is 1. The molecule has 0 fully saturated rings. The maximum Gasteiger partial charge on any atom is 0.307 e. The number of hydrogen-bond acceptors (Lipinski definition) is 5.